The molecule has 166 valence electrons. The Kier molecular flexibility index (Phi) is 6.17. The molecule has 0 unspecified atom stereocenters. The van der Waals surface area contributed by atoms with Gasteiger partial charge < -0.3 is 0 Å². The molecule has 2 heterocycles. The average molecular weight is 525 g/mol. The van der Waals surface area contributed by atoms with E-state index >= 15 is 0 Å². The predicted molar refractivity (Wildman–Crippen MR) is 115 cm³/mol. The highest BCUT2D eigenvalue weighted by Gasteiger charge is 2.38. The molecule has 2 aromatic heterocycles. The molecule has 32 heavy (non-hydrogen) atoms. The van der Waals surface area contributed by atoms with E-state index in [4.69, 9.17) is 23.2 Å². The Bertz CT molecular complexity index is 1240. The summed E-state index contributed by atoms with van der Waals surface area (Å²) in [5.41, 5.74) is -2.57. The first-order valence-corrected chi connectivity index (χ1v) is 11.5. The highest BCUT2D eigenvalue weighted by molar-refractivity contribution is 8.76. The summed E-state index contributed by atoms with van der Waals surface area (Å²) in [5, 5.41) is 0.723. The molecule has 12 heteroatoms. The van der Waals surface area contributed by atoms with Crippen molar-refractivity contribution in [3.63, 3.8) is 0 Å². The van der Waals surface area contributed by atoms with Gasteiger partial charge in [0.25, 0.3) is 0 Å². The Hall–Kier alpha value is -1.88. The summed E-state index contributed by atoms with van der Waals surface area (Å²) in [6.07, 6.45) is -9.67. The number of pyridine rings is 2. The van der Waals surface area contributed by atoms with Crippen LogP contribution < -0.4 is 0 Å². The fraction of sp³-hybridized carbons (Fsp3) is 0.100. The van der Waals surface area contributed by atoms with Gasteiger partial charge in [-0.3, -0.25) is 0 Å². The number of rotatable bonds is 3. The Morgan fingerprint density at radius 2 is 1.00 bits per heavy atom. The van der Waals surface area contributed by atoms with E-state index in [1.54, 1.807) is 12.1 Å². The van der Waals surface area contributed by atoms with Gasteiger partial charge in [0.1, 0.15) is 0 Å². The van der Waals surface area contributed by atoms with Gasteiger partial charge in [-0.05, 0) is 24.3 Å². The van der Waals surface area contributed by atoms with Crippen LogP contribution in [-0.4, -0.2) is 9.97 Å². The molecule has 0 saturated heterocycles. The summed E-state index contributed by atoms with van der Waals surface area (Å²) < 4.78 is 81.7. The summed E-state index contributed by atoms with van der Waals surface area (Å²) >= 11 is 11.9. The zero-order valence-corrected chi connectivity index (χ0v) is 18.5. The molecule has 0 aliphatic carbocycles. The third kappa shape index (κ3) is 4.59. The fourth-order valence-electron chi connectivity index (χ4n) is 2.91. The largest absolute Gasteiger partial charge is 0.434 e. The van der Waals surface area contributed by atoms with E-state index in [9.17, 15) is 26.3 Å². The number of benzene rings is 2. The smallest absolute Gasteiger partial charge is 0.241 e. The maximum atomic E-state index is 13.6. The Morgan fingerprint density at radius 3 is 1.34 bits per heavy atom. The lowest BCUT2D eigenvalue weighted by atomic mass is 10.2. The van der Waals surface area contributed by atoms with Crippen molar-refractivity contribution in [2.75, 3.05) is 0 Å². The molecule has 2 nitrogen and oxygen atoms in total. The summed E-state index contributed by atoms with van der Waals surface area (Å²) in [4.78, 5) is 6.59. The van der Waals surface area contributed by atoms with Crippen LogP contribution in [0.5, 0.6) is 0 Å². The highest BCUT2D eigenvalue weighted by Crippen LogP contribution is 2.48. The van der Waals surface area contributed by atoms with Gasteiger partial charge in [-0.1, -0.05) is 69.1 Å². The number of halogens is 8. The van der Waals surface area contributed by atoms with E-state index in [-0.39, 0.29) is 30.9 Å². The number of para-hydroxylation sites is 2. The van der Waals surface area contributed by atoms with Crippen LogP contribution in [0.4, 0.5) is 26.3 Å². The van der Waals surface area contributed by atoms with Crippen LogP contribution in [0.25, 0.3) is 21.8 Å². The van der Waals surface area contributed by atoms with Crippen LogP contribution in [0.15, 0.2) is 58.3 Å². The summed E-state index contributed by atoms with van der Waals surface area (Å²) in [7, 11) is 1.02. The summed E-state index contributed by atoms with van der Waals surface area (Å²) in [6.45, 7) is 0. The highest BCUT2D eigenvalue weighted by atomic mass is 35.5. The van der Waals surface area contributed by atoms with Gasteiger partial charge in [0, 0.05) is 10.8 Å². The lowest BCUT2D eigenvalue weighted by Gasteiger charge is -2.15. The molecular formula is C20H8Cl2F6N2S2. The Labute approximate surface area is 194 Å². The number of hydrogen-bond donors (Lipinski definition) is 0. The molecule has 0 spiro atoms. The average Bonchev–Trinajstić information content (AvgIpc) is 2.70. The number of fused-ring (bicyclic) bond motifs is 2. The van der Waals surface area contributed by atoms with Gasteiger partial charge in [-0.2, -0.15) is 26.3 Å². The van der Waals surface area contributed by atoms with E-state index < -0.39 is 23.7 Å². The normalized spacial score (nSPS) is 12.6. The molecule has 0 saturated carbocycles. The summed E-state index contributed by atoms with van der Waals surface area (Å²) in [5.74, 6) is 0. The topological polar surface area (TPSA) is 25.8 Å². The van der Waals surface area contributed by atoms with Crippen molar-refractivity contribution in [2.24, 2.45) is 0 Å². The van der Waals surface area contributed by atoms with Gasteiger partial charge >= 0.3 is 12.4 Å². The van der Waals surface area contributed by atoms with Crippen molar-refractivity contribution < 1.29 is 26.3 Å². The molecule has 0 radical (unpaired) electrons. The quantitative estimate of drug-likeness (QED) is 0.197. The fourth-order valence-corrected chi connectivity index (χ4v) is 5.67. The van der Waals surface area contributed by atoms with E-state index in [1.807, 2.05) is 0 Å². The van der Waals surface area contributed by atoms with E-state index in [0.29, 0.717) is 32.4 Å². The zero-order valence-electron chi connectivity index (χ0n) is 15.4. The lowest BCUT2D eigenvalue weighted by molar-refractivity contribution is -0.144. The predicted octanol–water partition coefficient (Wildman–Crippen LogP) is 8.93. The Balaban J connectivity index is 1.81. The van der Waals surface area contributed by atoms with E-state index in [2.05, 4.69) is 9.97 Å². The number of nitrogens with zero attached hydrogens (tertiary/aromatic N) is 2. The third-order valence-corrected chi connectivity index (χ3v) is 7.28. The van der Waals surface area contributed by atoms with Crippen LogP contribution in [0.2, 0.25) is 10.0 Å². The van der Waals surface area contributed by atoms with Crippen molar-refractivity contribution in [3.8, 4) is 0 Å². The second-order valence-electron chi connectivity index (χ2n) is 6.46. The maximum Gasteiger partial charge on any atom is 0.434 e. The molecular weight excluding hydrogens is 517 g/mol. The SMILES string of the molecule is FC(F)(F)c1nc2c(Cl)cccc2cc1SSc1cc2cccc(Cl)c2nc1C(F)(F)F. The van der Waals surface area contributed by atoms with E-state index in [1.165, 1.54) is 36.4 Å². The molecule has 0 aliphatic heterocycles. The molecule has 4 aromatic rings. The molecule has 4 rings (SSSR count). The first-order valence-electron chi connectivity index (χ1n) is 8.62. The standard InChI is InChI=1S/C20H8Cl2F6N2S2/c21-11-5-1-3-9-7-13(17(19(23,24)25)29-15(9)11)31-32-14-8-10-4-2-6-12(22)16(10)30-18(14)20(26,27)28/h1-8H. The minimum absolute atomic E-state index is 0.0344. The molecule has 0 amide bonds. The zero-order chi connectivity index (χ0) is 23.3. The molecule has 0 aliphatic rings. The molecule has 0 fully saturated rings. The van der Waals surface area contributed by atoms with Crippen LogP contribution in [0.1, 0.15) is 11.4 Å². The van der Waals surface area contributed by atoms with Gasteiger partial charge in [-0.25, -0.2) is 9.97 Å². The van der Waals surface area contributed by atoms with E-state index in [0.717, 1.165) is 0 Å². The van der Waals surface area contributed by atoms with Crippen LogP contribution >= 0.6 is 44.8 Å². The molecule has 2 aromatic carbocycles. The van der Waals surface area contributed by atoms with Crippen LogP contribution in [-0.2, 0) is 12.4 Å². The number of aromatic nitrogens is 2. The first kappa shape index (κ1) is 23.3. The summed E-state index contributed by atoms with van der Waals surface area (Å²) in [6, 6.07) is 11.3. The van der Waals surface area contributed by atoms with Crippen LogP contribution in [0, 0.1) is 0 Å². The second-order valence-corrected chi connectivity index (χ2v) is 9.48. The van der Waals surface area contributed by atoms with Crippen molar-refractivity contribution in [3.05, 3.63) is 70.0 Å². The lowest BCUT2D eigenvalue weighted by Crippen LogP contribution is -2.11. The molecule has 0 atom stereocenters. The monoisotopic (exact) mass is 524 g/mol. The van der Waals surface area contributed by atoms with Crippen molar-refractivity contribution in [2.45, 2.75) is 22.1 Å². The minimum Gasteiger partial charge on any atom is -0.241 e. The molecule has 0 bridgehead atoms. The van der Waals surface area contributed by atoms with Crippen molar-refractivity contribution in [1.82, 2.24) is 9.97 Å². The number of alkyl halides is 6. The minimum atomic E-state index is -4.84. The van der Waals surface area contributed by atoms with Gasteiger partial charge in [0.15, 0.2) is 11.4 Å². The Morgan fingerprint density at radius 1 is 0.625 bits per heavy atom. The van der Waals surface area contributed by atoms with Gasteiger partial charge in [0.2, 0.25) is 0 Å². The van der Waals surface area contributed by atoms with Crippen molar-refractivity contribution >= 4 is 66.6 Å². The molecule has 0 N–H and O–H groups in total. The second kappa shape index (κ2) is 8.48. The first-order chi connectivity index (χ1) is 14.9. The van der Waals surface area contributed by atoms with Crippen molar-refractivity contribution in [1.29, 1.82) is 0 Å². The van der Waals surface area contributed by atoms with Gasteiger partial charge in [0.05, 0.1) is 30.9 Å². The third-order valence-electron chi connectivity index (χ3n) is 4.28. The van der Waals surface area contributed by atoms with Gasteiger partial charge in [-0.15, -0.1) is 0 Å². The van der Waals surface area contributed by atoms with Crippen LogP contribution in [0.3, 0.4) is 0 Å². The number of hydrogen-bond acceptors (Lipinski definition) is 4. The maximum absolute atomic E-state index is 13.6.